The molecule has 5 nitrogen and oxygen atoms in total. The van der Waals surface area contributed by atoms with E-state index in [-0.39, 0.29) is 18.2 Å². The fourth-order valence-electron chi connectivity index (χ4n) is 2.99. The van der Waals surface area contributed by atoms with Crippen molar-refractivity contribution in [3.8, 4) is 0 Å². The molecule has 0 aliphatic carbocycles. The first-order valence-electron chi connectivity index (χ1n) is 6.49. The average molecular weight is 249 g/mol. The quantitative estimate of drug-likeness (QED) is 0.768. The van der Waals surface area contributed by atoms with E-state index in [0.29, 0.717) is 0 Å². The van der Waals surface area contributed by atoms with Gasteiger partial charge in [0, 0.05) is 23.7 Å². The summed E-state index contributed by atoms with van der Waals surface area (Å²) in [5.74, 6) is 0. The normalized spacial score (nSPS) is 26.1. The number of carbonyl (C=O) groups is 1. The number of ether oxygens (including phenoxy) is 1. The molecule has 98 valence electrons. The second-order valence-corrected chi connectivity index (χ2v) is 6.14. The van der Waals surface area contributed by atoms with Crippen LogP contribution in [0.15, 0.2) is 6.20 Å². The van der Waals surface area contributed by atoms with E-state index >= 15 is 0 Å². The van der Waals surface area contributed by atoms with Gasteiger partial charge in [0.1, 0.15) is 5.60 Å². The number of carbonyl (C=O) groups excluding carboxylic acids is 1. The molecule has 3 rings (SSSR count). The first kappa shape index (κ1) is 11.6. The molecule has 1 amide bonds. The van der Waals surface area contributed by atoms with Gasteiger partial charge in [-0.1, -0.05) is 0 Å². The maximum absolute atomic E-state index is 12.3. The van der Waals surface area contributed by atoms with Crippen molar-refractivity contribution in [1.82, 2.24) is 15.1 Å². The molecule has 0 unspecified atom stereocenters. The van der Waals surface area contributed by atoms with Crippen LogP contribution in [0, 0.1) is 0 Å². The van der Waals surface area contributed by atoms with E-state index in [4.69, 9.17) is 4.74 Å². The van der Waals surface area contributed by atoms with Crippen LogP contribution in [0.3, 0.4) is 0 Å². The van der Waals surface area contributed by atoms with Crippen molar-refractivity contribution in [2.75, 3.05) is 0 Å². The molecule has 0 aromatic carbocycles. The molecule has 3 heterocycles. The van der Waals surface area contributed by atoms with Gasteiger partial charge in [0.25, 0.3) is 0 Å². The van der Waals surface area contributed by atoms with Gasteiger partial charge in [0.15, 0.2) is 0 Å². The highest BCUT2D eigenvalue weighted by molar-refractivity contribution is 5.70. The molecule has 1 N–H and O–H groups in total. The number of nitrogens with zero attached hydrogens (tertiary/aromatic N) is 2. The minimum atomic E-state index is -0.437. The number of aromatic nitrogens is 2. The summed E-state index contributed by atoms with van der Waals surface area (Å²) in [6.45, 7) is 5.71. The van der Waals surface area contributed by atoms with Crippen molar-refractivity contribution < 1.29 is 9.53 Å². The Bertz CT molecular complexity index is 475. The van der Waals surface area contributed by atoms with Crippen LogP contribution in [0.1, 0.15) is 50.9 Å². The summed E-state index contributed by atoms with van der Waals surface area (Å²) in [7, 11) is 0. The predicted octanol–water partition coefficient (Wildman–Crippen LogP) is 2.41. The third-order valence-electron chi connectivity index (χ3n) is 3.66. The number of amides is 1. The molecule has 1 saturated heterocycles. The van der Waals surface area contributed by atoms with Crippen molar-refractivity contribution >= 4 is 6.09 Å². The van der Waals surface area contributed by atoms with Crippen molar-refractivity contribution in [3.63, 3.8) is 0 Å². The fraction of sp³-hybridized carbons (Fsp3) is 0.692. The Kier molecular flexibility index (Phi) is 2.40. The largest absolute Gasteiger partial charge is 0.444 e. The molecule has 5 heteroatoms. The second-order valence-electron chi connectivity index (χ2n) is 6.14. The molecule has 2 aliphatic rings. The van der Waals surface area contributed by atoms with Crippen LogP contribution in [0.4, 0.5) is 4.79 Å². The highest BCUT2D eigenvalue weighted by Crippen LogP contribution is 2.43. The van der Waals surface area contributed by atoms with Gasteiger partial charge in [0.05, 0.1) is 12.2 Å². The van der Waals surface area contributed by atoms with E-state index in [0.717, 1.165) is 24.8 Å². The van der Waals surface area contributed by atoms with Gasteiger partial charge in [-0.2, -0.15) is 5.10 Å². The number of H-pyrrole nitrogens is 1. The molecule has 0 radical (unpaired) electrons. The summed E-state index contributed by atoms with van der Waals surface area (Å²) < 4.78 is 5.51. The summed E-state index contributed by atoms with van der Waals surface area (Å²) in [5.41, 5.74) is 1.91. The Hall–Kier alpha value is -1.52. The molecule has 1 aromatic rings. The van der Waals surface area contributed by atoms with Crippen LogP contribution in [-0.2, 0) is 11.2 Å². The highest BCUT2D eigenvalue weighted by Gasteiger charge is 2.44. The first-order chi connectivity index (χ1) is 8.46. The Balaban J connectivity index is 1.85. The lowest BCUT2D eigenvalue weighted by molar-refractivity contribution is 0.0124. The van der Waals surface area contributed by atoms with E-state index in [2.05, 4.69) is 10.2 Å². The molecule has 18 heavy (non-hydrogen) atoms. The topological polar surface area (TPSA) is 58.2 Å². The maximum atomic E-state index is 12.3. The maximum Gasteiger partial charge on any atom is 0.411 e. The summed E-state index contributed by atoms with van der Waals surface area (Å²) >= 11 is 0. The van der Waals surface area contributed by atoms with Gasteiger partial charge < -0.3 is 4.74 Å². The number of aromatic amines is 1. The van der Waals surface area contributed by atoms with Gasteiger partial charge >= 0.3 is 6.09 Å². The molecule has 0 saturated carbocycles. The molecule has 0 spiro atoms. The minimum Gasteiger partial charge on any atom is -0.444 e. The summed E-state index contributed by atoms with van der Waals surface area (Å²) in [4.78, 5) is 14.2. The van der Waals surface area contributed by atoms with Gasteiger partial charge in [-0.3, -0.25) is 10.00 Å². The van der Waals surface area contributed by atoms with Crippen LogP contribution in [0.2, 0.25) is 0 Å². The van der Waals surface area contributed by atoms with Crippen molar-refractivity contribution in [2.45, 2.75) is 57.7 Å². The zero-order valence-corrected chi connectivity index (χ0v) is 11.1. The smallest absolute Gasteiger partial charge is 0.411 e. The third kappa shape index (κ3) is 1.78. The van der Waals surface area contributed by atoms with Crippen LogP contribution >= 0.6 is 0 Å². The Morgan fingerprint density at radius 3 is 3.00 bits per heavy atom. The molecule has 2 atom stereocenters. The van der Waals surface area contributed by atoms with E-state index in [9.17, 15) is 4.79 Å². The SMILES string of the molecule is CC(C)(C)OC(=O)N1[C@H]2CC[C@H]1c1cn[nH]c1C2. The van der Waals surface area contributed by atoms with Crippen LogP contribution < -0.4 is 0 Å². The molecule has 1 aromatic heterocycles. The number of hydrogen-bond acceptors (Lipinski definition) is 3. The van der Waals surface area contributed by atoms with E-state index < -0.39 is 5.60 Å². The minimum absolute atomic E-state index is 0.146. The van der Waals surface area contributed by atoms with Gasteiger partial charge in [-0.25, -0.2) is 4.79 Å². The summed E-state index contributed by atoms with van der Waals surface area (Å²) in [6.07, 6.45) is 4.58. The highest BCUT2D eigenvalue weighted by atomic mass is 16.6. The lowest BCUT2D eigenvalue weighted by atomic mass is 10.0. The zero-order valence-electron chi connectivity index (χ0n) is 11.1. The average Bonchev–Trinajstić information content (AvgIpc) is 2.81. The third-order valence-corrected chi connectivity index (χ3v) is 3.66. The predicted molar refractivity (Wildman–Crippen MR) is 66.1 cm³/mol. The van der Waals surface area contributed by atoms with Gasteiger partial charge in [-0.15, -0.1) is 0 Å². The van der Waals surface area contributed by atoms with Crippen molar-refractivity contribution in [3.05, 3.63) is 17.5 Å². The van der Waals surface area contributed by atoms with Crippen LogP contribution in [0.5, 0.6) is 0 Å². The Morgan fingerprint density at radius 2 is 2.28 bits per heavy atom. The monoisotopic (exact) mass is 249 g/mol. The number of nitrogens with one attached hydrogen (secondary N) is 1. The number of fused-ring (bicyclic) bond motifs is 4. The molecule has 2 bridgehead atoms. The van der Waals surface area contributed by atoms with Gasteiger partial charge in [0.2, 0.25) is 0 Å². The van der Waals surface area contributed by atoms with Crippen LogP contribution in [-0.4, -0.2) is 32.8 Å². The molecule has 1 fully saturated rings. The summed E-state index contributed by atoms with van der Waals surface area (Å²) in [5, 5.41) is 7.12. The van der Waals surface area contributed by atoms with E-state index in [1.165, 1.54) is 5.69 Å². The standard InChI is InChI=1S/C13H19N3O2/c1-13(2,3)18-12(17)16-8-4-5-11(16)9-7-14-15-10(9)6-8/h7-8,11H,4-6H2,1-3H3,(H,14,15)/t8-,11-/m0/s1. The summed E-state index contributed by atoms with van der Waals surface area (Å²) in [6, 6.07) is 0.408. The number of hydrogen-bond donors (Lipinski definition) is 1. The van der Waals surface area contributed by atoms with E-state index in [1.54, 1.807) is 0 Å². The van der Waals surface area contributed by atoms with E-state index in [1.807, 2.05) is 31.9 Å². The lowest BCUT2D eigenvalue weighted by Gasteiger charge is -2.35. The van der Waals surface area contributed by atoms with Crippen LogP contribution in [0.25, 0.3) is 0 Å². The Labute approximate surface area is 107 Å². The Morgan fingerprint density at radius 1 is 1.50 bits per heavy atom. The van der Waals surface area contributed by atoms with Crippen molar-refractivity contribution in [1.29, 1.82) is 0 Å². The number of rotatable bonds is 0. The first-order valence-corrected chi connectivity index (χ1v) is 6.49. The lowest BCUT2D eigenvalue weighted by Crippen LogP contribution is -2.44. The zero-order chi connectivity index (χ0) is 12.9. The molecular formula is C13H19N3O2. The fourth-order valence-corrected chi connectivity index (χ4v) is 2.99. The molecule has 2 aliphatic heterocycles. The molecular weight excluding hydrogens is 230 g/mol. The van der Waals surface area contributed by atoms with Gasteiger partial charge in [-0.05, 0) is 33.6 Å². The van der Waals surface area contributed by atoms with Crippen molar-refractivity contribution in [2.24, 2.45) is 0 Å². The second kappa shape index (κ2) is 3.73.